The molecule has 1 aliphatic rings. The van der Waals surface area contributed by atoms with Crippen LogP contribution in [0.2, 0.25) is 0 Å². The highest BCUT2D eigenvalue weighted by atomic mass is 16.6. The van der Waals surface area contributed by atoms with Crippen molar-refractivity contribution in [1.82, 2.24) is 14.9 Å². The quantitative estimate of drug-likeness (QED) is 0.831. The van der Waals surface area contributed by atoms with E-state index in [0.717, 1.165) is 0 Å². The molecule has 1 aromatic rings. The molecule has 7 nitrogen and oxygen atoms in total. The van der Waals surface area contributed by atoms with Gasteiger partial charge in [-0.3, -0.25) is 0 Å². The minimum atomic E-state index is -0.462. The molecule has 0 aromatic carbocycles. The number of nitrogens with zero attached hydrogens (tertiary/aromatic N) is 3. The molecule has 0 bridgehead atoms. The lowest BCUT2D eigenvalue weighted by atomic mass is 10.1. The van der Waals surface area contributed by atoms with E-state index in [1.54, 1.807) is 17.2 Å². The molecule has 7 heteroatoms. The number of rotatable bonds is 2. The van der Waals surface area contributed by atoms with Gasteiger partial charge in [0, 0.05) is 19.3 Å². The number of ether oxygens (including phenoxy) is 1. The van der Waals surface area contributed by atoms with E-state index in [4.69, 9.17) is 10.5 Å². The molecule has 104 valence electrons. The molecule has 0 saturated carbocycles. The van der Waals surface area contributed by atoms with Crippen LogP contribution in [0, 0.1) is 0 Å². The van der Waals surface area contributed by atoms with Crippen LogP contribution in [0.3, 0.4) is 0 Å². The van der Waals surface area contributed by atoms with Gasteiger partial charge in [0.1, 0.15) is 11.4 Å². The van der Waals surface area contributed by atoms with Crippen LogP contribution < -0.4 is 11.1 Å². The van der Waals surface area contributed by atoms with Gasteiger partial charge in [-0.2, -0.15) is 4.98 Å². The Morgan fingerprint density at radius 3 is 2.79 bits per heavy atom. The van der Waals surface area contributed by atoms with Crippen molar-refractivity contribution in [3.8, 4) is 0 Å². The number of carbonyl (C=O) groups is 1. The Hall–Kier alpha value is -2.05. The summed E-state index contributed by atoms with van der Waals surface area (Å²) in [5.74, 6) is 0.898. The number of hydrogen-bond donors (Lipinski definition) is 2. The summed E-state index contributed by atoms with van der Waals surface area (Å²) in [6.45, 7) is 6.75. The van der Waals surface area contributed by atoms with Crippen LogP contribution in [0.5, 0.6) is 0 Å². The van der Waals surface area contributed by atoms with E-state index in [2.05, 4.69) is 15.3 Å². The summed E-state index contributed by atoms with van der Waals surface area (Å²) in [5, 5.41) is 3.19. The number of nitrogens with two attached hydrogens (primary N) is 1. The van der Waals surface area contributed by atoms with E-state index in [1.165, 1.54) is 0 Å². The lowest BCUT2D eigenvalue weighted by Crippen LogP contribution is -2.58. The third kappa shape index (κ3) is 3.70. The normalized spacial score (nSPS) is 15.8. The maximum Gasteiger partial charge on any atom is 0.410 e. The van der Waals surface area contributed by atoms with E-state index < -0.39 is 5.60 Å². The predicted molar refractivity (Wildman–Crippen MR) is 71.7 cm³/mol. The smallest absolute Gasteiger partial charge is 0.410 e. The first kappa shape index (κ1) is 13.4. The van der Waals surface area contributed by atoms with E-state index >= 15 is 0 Å². The average molecular weight is 265 g/mol. The lowest BCUT2D eigenvalue weighted by Gasteiger charge is -2.40. The first-order chi connectivity index (χ1) is 8.83. The third-order valence-corrected chi connectivity index (χ3v) is 2.56. The number of anilines is 2. The molecular formula is C12H19N5O2. The number of hydrogen-bond acceptors (Lipinski definition) is 6. The van der Waals surface area contributed by atoms with Crippen molar-refractivity contribution in [2.24, 2.45) is 0 Å². The van der Waals surface area contributed by atoms with Gasteiger partial charge >= 0.3 is 6.09 Å². The number of likely N-dealkylation sites (tertiary alicyclic amines) is 1. The number of nitrogen functional groups attached to an aromatic ring is 1. The van der Waals surface area contributed by atoms with Crippen LogP contribution in [0.25, 0.3) is 0 Å². The molecule has 0 atom stereocenters. The average Bonchev–Trinajstić information content (AvgIpc) is 2.20. The second-order valence-corrected chi connectivity index (χ2v) is 5.53. The summed E-state index contributed by atoms with van der Waals surface area (Å²) in [5.41, 5.74) is 5.03. The Morgan fingerprint density at radius 2 is 2.21 bits per heavy atom. The van der Waals surface area contributed by atoms with Crippen LogP contribution >= 0.6 is 0 Å². The molecule has 0 aliphatic carbocycles. The fourth-order valence-electron chi connectivity index (χ4n) is 1.71. The van der Waals surface area contributed by atoms with Crippen LogP contribution in [-0.4, -0.2) is 45.7 Å². The van der Waals surface area contributed by atoms with E-state index in [9.17, 15) is 4.79 Å². The van der Waals surface area contributed by atoms with Crippen molar-refractivity contribution in [2.75, 3.05) is 24.1 Å². The standard InChI is InChI=1S/C12H19N5O2/c1-12(2,3)19-11(18)17-6-8(7-17)15-9-4-5-14-10(13)16-9/h4-5,8H,6-7H2,1-3H3,(H3,13,14,15,16). The minimum absolute atomic E-state index is 0.168. The van der Waals surface area contributed by atoms with Crippen molar-refractivity contribution in [3.63, 3.8) is 0 Å². The summed E-state index contributed by atoms with van der Waals surface area (Å²) >= 11 is 0. The predicted octanol–water partition coefficient (Wildman–Crippen LogP) is 1.09. The number of amides is 1. The molecule has 0 unspecified atom stereocenters. The van der Waals surface area contributed by atoms with Crippen LogP contribution in [-0.2, 0) is 4.74 Å². The molecule has 0 radical (unpaired) electrons. The zero-order valence-electron chi connectivity index (χ0n) is 11.4. The SMILES string of the molecule is CC(C)(C)OC(=O)N1CC(Nc2ccnc(N)n2)C1. The van der Waals surface area contributed by atoms with Crippen LogP contribution in [0.1, 0.15) is 20.8 Å². The van der Waals surface area contributed by atoms with Gasteiger partial charge in [-0.1, -0.05) is 0 Å². The van der Waals surface area contributed by atoms with Crippen LogP contribution in [0.15, 0.2) is 12.3 Å². The van der Waals surface area contributed by atoms with Crippen molar-refractivity contribution in [1.29, 1.82) is 0 Å². The van der Waals surface area contributed by atoms with Crippen molar-refractivity contribution < 1.29 is 9.53 Å². The van der Waals surface area contributed by atoms with Gasteiger partial charge in [0.15, 0.2) is 0 Å². The highest BCUT2D eigenvalue weighted by Gasteiger charge is 2.33. The minimum Gasteiger partial charge on any atom is -0.444 e. The highest BCUT2D eigenvalue weighted by Crippen LogP contribution is 2.17. The molecule has 0 spiro atoms. The Morgan fingerprint density at radius 1 is 1.53 bits per heavy atom. The molecule has 19 heavy (non-hydrogen) atoms. The van der Waals surface area contributed by atoms with Crippen molar-refractivity contribution >= 4 is 17.9 Å². The first-order valence-corrected chi connectivity index (χ1v) is 6.16. The Kier molecular flexibility index (Phi) is 3.46. The monoisotopic (exact) mass is 265 g/mol. The molecular weight excluding hydrogens is 246 g/mol. The second kappa shape index (κ2) is 4.91. The Bertz CT molecular complexity index is 465. The molecule has 2 rings (SSSR count). The fourth-order valence-corrected chi connectivity index (χ4v) is 1.71. The molecule has 1 saturated heterocycles. The Labute approximate surface area is 112 Å². The number of carbonyl (C=O) groups excluding carboxylic acids is 1. The van der Waals surface area contributed by atoms with E-state index in [1.807, 2.05) is 20.8 Å². The number of nitrogens with one attached hydrogen (secondary N) is 1. The van der Waals surface area contributed by atoms with Gasteiger partial charge in [-0.05, 0) is 26.8 Å². The zero-order valence-corrected chi connectivity index (χ0v) is 11.4. The van der Waals surface area contributed by atoms with E-state index in [-0.39, 0.29) is 18.1 Å². The maximum atomic E-state index is 11.7. The first-order valence-electron chi connectivity index (χ1n) is 6.16. The van der Waals surface area contributed by atoms with Crippen molar-refractivity contribution in [2.45, 2.75) is 32.4 Å². The highest BCUT2D eigenvalue weighted by molar-refractivity contribution is 5.69. The van der Waals surface area contributed by atoms with Crippen LogP contribution in [0.4, 0.5) is 16.6 Å². The maximum absolute atomic E-state index is 11.7. The molecule has 3 N–H and O–H groups in total. The number of aromatic nitrogens is 2. The van der Waals surface area contributed by atoms with Gasteiger partial charge in [0.05, 0.1) is 6.04 Å². The molecule has 2 heterocycles. The van der Waals surface area contributed by atoms with Gasteiger partial charge in [-0.15, -0.1) is 0 Å². The van der Waals surface area contributed by atoms with Gasteiger partial charge < -0.3 is 20.7 Å². The van der Waals surface area contributed by atoms with Gasteiger partial charge in [0.2, 0.25) is 5.95 Å². The van der Waals surface area contributed by atoms with Gasteiger partial charge in [-0.25, -0.2) is 9.78 Å². The summed E-state index contributed by atoms with van der Waals surface area (Å²) in [4.78, 5) is 21.2. The summed E-state index contributed by atoms with van der Waals surface area (Å²) in [7, 11) is 0. The molecule has 1 fully saturated rings. The van der Waals surface area contributed by atoms with E-state index in [0.29, 0.717) is 18.9 Å². The fraction of sp³-hybridized carbons (Fsp3) is 0.583. The summed E-state index contributed by atoms with van der Waals surface area (Å²) in [6, 6.07) is 1.91. The largest absolute Gasteiger partial charge is 0.444 e. The summed E-state index contributed by atoms with van der Waals surface area (Å²) < 4.78 is 5.27. The molecule has 1 amide bonds. The zero-order chi connectivity index (χ0) is 14.0. The lowest BCUT2D eigenvalue weighted by molar-refractivity contribution is 0.0104. The third-order valence-electron chi connectivity index (χ3n) is 2.56. The molecule has 1 aromatic heterocycles. The molecule has 1 aliphatic heterocycles. The summed E-state index contributed by atoms with van der Waals surface area (Å²) in [6.07, 6.45) is 1.31. The van der Waals surface area contributed by atoms with Crippen molar-refractivity contribution in [3.05, 3.63) is 12.3 Å². The van der Waals surface area contributed by atoms with Gasteiger partial charge in [0.25, 0.3) is 0 Å². The second-order valence-electron chi connectivity index (χ2n) is 5.53. The Balaban J connectivity index is 1.79. The topological polar surface area (TPSA) is 93.4 Å².